The van der Waals surface area contributed by atoms with Crippen LogP contribution in [0.1, 0.15) is 5.56 Å². The lowest BCUT2D eigenvalue weighted by molar-refractivity contribution is -0.116. The van der Waals surface area contributed by atoms with E-state index in [9.17, 15) is 15.0 Å². The van der Waals surface area contributed by atoms with Gasteiger partial charge in [0.05, 0.1) is 6.61 Å². The fraction of sp³-hybridized carbons (Fsp3) is 0.400. The molecule has 0 spiro atoms. The van der Waals surface area contributed by atoms with Gasteiger partial charge < -0.3 is 29.2 Å². The van der Waals surface area contributed by atoms with Crippen molar-refractivity contribution >= 4 is 11.0 Å². The maximum Gasteiger partial charge on any atom is 0.336 e. The van der Waals surface area contributed by atoms with E-state index in [1.807, 2.05) is 0 Å². The minimum absolute atomic E-state index is 0.316. The van der Waals surface area contributed by atoms with Gasteiger partial charge in [0, 0.05) is 17.5 Å². The van der Waals surface area contributed by atoms with E-state index in [0.29, 0.717) is 11.3 Å². The highest BCUT2D eigenvalue weighted by atomic mass is 16.7. The summed E-state index contributed by atoms with van der Waals surface area (Å²) in [7, 11) is 0. The van der Waals surface area contributed by atoms with Gasteiger partial charge in [-0.3, -0.25) is 0 Å². The van der Waals surface area contributed by atoms with Crippen LogP contribution >= 0.6 is 0 Å². The van der Waals surface area contributed by atoms with Crippen molar-refractivity contribution in [3.05, 3.63) is 40.2 Å². The molecule has 4 atom stereocenters. The Morgan fingerprint density at radius 1 is 1.23 bits per heavy atom. The largest absolute Gasteiger partial charge is 0.462 e. The minimum Gasteiger partial charge on any atom is -0.462 e. The summed E-state index contributed by atoms with van der Waals surface area (Å²) >= 11 is 0. The first-order valence-corrected chi connectivity index (χ1v) is 6.83. The summed E-state index contributed by atoms with van der Waals surface area (Å²) in [6.45, 7) is 1.37. The van der Waals surface area contributed by atoms with Gasteiger partial charge >= 0.3 is 5.63 Å². The fourth-order valence-corrected chi connectivity index (χ4v) is 2.48. The van der Waals surface area contributed by atoms with Crippen molar-refractivity contribution in [2.75, 3.05) is 6.61 Å². The van der Waals surface area contributed by atoms with Gasteiger partial charge in [-0.1, -0.05) is 0 Å². The maximum absolute atomic E-state index is 11.4. The molecule has 2 heterocycles. The average molecular weight is 308 g/mol. The van der Waals surface area contributed by atoms with E-state index < -0.39 is 36.8 Å². The van der Waals surface area contributed by atoms with E-state index >= 15 is 0 Å². The molecule has 0 unspecified atom stereocenters. The zero-order valence-electron chi connectivity index (χ0n) is 11.8. The second-order valence-corrected chi connectivity index (χ2v) is 5.23. The van der Waals surface area contributed by atoms with E-state index in [0.717, 1.165) is 10.9 Å². The minimum atomic E-state index is -1.28. The lowest BCUT2D eigenvalue weighted by Gasteiger charge is -2.17. The summed E-state index contributed by atoms with van der Waals surface area (Å²) < 4.78 is 15.8. The van der Waals surface area contributed by atoms with Crippen molar-refractivity contribution < 1.29 is 29.2 Å². The van der Waals surface area contributed by atoms with Crippen LogP contribution in [0.5, 0.6) is 5.75 Å². The van der Waals surface area contributed by atoms with Gasteiger partial charge in [-0.2, -0.15) is 0 Å². The molecule has 1 fully saturated rings. The van der Waals surface area contributed by atoms with Crippen LogP contribution in [0.15, 0.2) is 33.5 Å². The van der Waals surface area contributed by atoms with Crippen LogP contribution in [0.25, 0.3) is 11.0 Å². The van der Waals surface area contributed by atoms with Crippen LogP contribution in [-0.4, -0.2) is 46.5 Å². The summed E-state index contributed by atoms with van der Waals surface area (Å²) in [6, 6.07) is 6.28. The molecule has 1 saturated heterocycles. The maximum atomic E-state index is 11.4. The molecule has 1 aliphatic rings. The predicted molar refractivity (Wildman–Crippen MR) is 75.6 cm³/mol. The summed E-state index contributed by atoms with van der Waals surface area (Å²) in [5.41, 5.74) is 0.676. The summed E-state index contributed by atoms with van der Waals surface area (Å²) in [6.07, 6.45) is -4.52. The number of aliphatic hydroxyl groups is 3. The molecule has 0 amide bonds. The quantitative estimate of drug-likeness (QED) is 0.680. The summed E-state index contributed by atoms with van der Waals surface area (Å²) in [5, 5.41) is 29.3. The molecule has 3 N–H and O–H groups in total. The van der Waals surface area contributed by atoms with Crippen LogP contribution in [0.3, 0.4) is 0 Å². The topological polar surface area (TPSA) is 109 Å². The average Bonchev–Trinajstić information content (AvgIpc) is 2.74. The Bertz CT molecular complexity index is 738. The molecule has 0 radical (unpaired) electrons. The number of ether oxygens (including phenoxy) is 2. The van der Waals surface area contributed by atoms with Gasteiger partial charge in [0.15, 0.2) is 0 Å². The van der Waals surface area contributed by atoms with E-state index in [1.54, 1.807) is 19.1 Å². The third-order valence-electron chi connectivity index (χ3n) is 3.67. The highest BCUT2D eigenvalue weighted by Crippen LogP contribution is 2.27. The zero-order chi connectivity index (χ0) is 15.9. The van der Waals surface area contributed by atoms with Crippen LogP contribution < -0.4 is 10.4 Å². The molecule has 3 rings (SSSR count). The SMILES string of the molecule is Cc1cc(=O)oc2cc(O[C@@H]3O[C@H](CO)[C@H](O)[C@@H]3O)ccc12. The van der Waals surface area contributed by atoms with E-state index in [1.165, 1.54) is 12.1 Å². The molecule has 1 aromatic carbocycles. The molecular weight excluding hydrogens is 292 g/mol. The van der Waals surface area contributed by atoms with Crippen LogP contribution in [0, 0.1) is 6.92 Å². The molecule has 2 aromatic rings. The lowest BCUT2D eigenvalue weighted by atomic mass is 10.1. The van der Waals surface area contributed by atoms with Gasteiger partial charge in [-0.25, -0.2) is 4.79 Å². The smallest absolute Gasteiger partial charge is 0.336 e. The predicted octanol–water partition coefficient (Wildman–Crippen LogP) is -0.0808. The van der Waals surface area contributed by atoms with Gasteiger partial charge in [0.1, 0.15) is 29.6 Å². The van der Waals surface area contributed by atoms with Crippen molar-refractivity contribution in [3.63, 3.8) is 0 Å². The molecular formula is C15H16O7. The summed E-state index contributed by atoms with van der Waals surface area (Å²) in [4.78, 5) is 11.4. The molecule has 22 heavy (non-hydrogen) atoms. The Labute approximate surface area is 125 Å². The van der Waals surface area contributed by atoms with Gasteiger partial charge in [0.2, 0.25) is 6.29 Å². The Balaban J connectivity index is 1.87. The molecule has 7 heteroatoms. The first-order chi connectivity index (χ1) is 10.5. The third-order valence-corrected chi connectivity index (χ3v) is 3.67. The van der Waals surface area contributed by atoms with Crippen molar-refractivity contribution in [1.82, 2.24) is 0 Å². The first-order valence-electron chi connectivity index (χ1n) is 6.83. The lowest BCUT2D eigenvalue weighted by Crippen LogP contribution is -2.35. The highest BCUT2D eigenvalue weighted by molar-refractivity contribution is 5.81. The van der Waals surface area contributed by atoms with E-state index in [2.05, 4.69) is 0 Å². The number of fused-ring (bicyclic) bond motifs is 1. The van der Waals surface area contributed by atoms with Gasteiger partial charge in [-0.15, -0.1) is 0 Å². The Morgan fingerprint density at radius 3 is 2.68 bits per heavy atom. The van der Waals surface area contributed by atoms with Crippen molar-refractivity contribution in [2.45, 2.75) is 31.5 Å². The molecule has 0 aliphatic carbocycles. The molecule has 0 saturated carbocycles. The fourth-order valence-electron chi connectivity index (χ4n) is 2.48. The zero-order valence-corrected chi connectivity index (χ0v) is 11.8. The number of aryl methyl sites for hydroxylation is 1. The molecule has 118 valence electrons. The standard InChI is InChI=1S/C15H16O7/c1-7-4-12(17)21-10-5-8(2-3-9(7)10)20-15-14(19)13(18)11(6-16)22-15/h2-5,11,13-16,18-19H,6H2,1H3/t11-,13+,14+,15-/m1/s1. The van der Waals surface area contributed by atoms with E-state index in [-0.39, 0.29) is 0 Å². The van der Waals surface area contributed by atoms with Crippen LogP contribution in [0.2, 0.25) is 0 Å². The second-order valence-electron chi connectivity index (χ2n) is 5.23. The van der Waals surface area contributed by atoms with Crippen molar-refractivity contribution in [3.8, 4) is 5.75 Å². The second kappa shape index (κ2) is 5.69. The molecule has 0 bridgehead atoms. The van der Waals surface area contributed by atoms with Gasteiger partial charge in [0.25, 0.3) is 0 Å². The molecule has 1 aliphatic heterocycles. The normalized spacial score (nSPS) is 28.2. The number of hydrogen-bond donors (Lipinski definition) is 3. The Kier molecular flexibility index (Phi) is 3.88. The number of aliphatic hydroxyl groups excluding tert-OH is 3. The third kappa shape index (κ3) is 2.59. The number of hydrogen-bond acceptors (Lipinski definition) is 7. The van der Waals surface area contributed by atoms with Crippen molar-refractivity contribution in [2.24, 2.45) is 0 Å². The van der Waals surface area contributed by atoms with Crippen LogP contribution in [0.4, 0.5) is 0 Å². The Hall–Kier alpha value is -1.93. The van der Waals surface area contributed by atoms with Crippen LogP contribution in [-0.2, 0) is 4.74 Å². The molecule has 1 aromatic heterocycles. The number of benzene rings is 1. The first kappa shape index (κ1) is 15.0. The van der Waals surface area contributed by atoms with Crippen molar-refractivity contribution in [1.29, 1.82) is 0 Å². The van der Waals surface area contributed by atoms with E-state index in [4.69, 9.17) is 19.0 Å². The van der Waals surface area contributed by atoms with Gasteiger partial charge in [-0.05, 0) is 24.6 Å². The monoisotopic (exact) mass is 308 g/mol. The molecule has 7 nitrogen and oxygen atoms in total. The number of rotatable bonds is 3. The Morgan fingerprint density at radius 2 is 2.00 bits per heavy atom. The summed E-state index contributed by atoms with van der Waals surface area (Å²) in [5.74, 6) is 0.316. The highest BCUT2D eigenvalue weighted by Gasteiger charge is 2.43.